The minimum atomic E-state index is -0.372. The van der Waals surface area contributed by atoms with E-state index in [0.717, 1.165) is 11.5 Å². The van der Waals surface area contributed by atoms with Gasteiger partial charge in [0.25, 0.3) is 0 Å². The van der Waals surface area contributed by atoms with Crippen LogP contribution in [0, 0.1) is 12.7 Å². The van der Waals surface area contributed by atoms with Crippen LogP contribution in [0.25, 0.3) is 0 Å². The van der Waals surface area contributed by atoms with Gasteiger partial charge in [0.1, 0.15) is 24.0 Å². The summed E-state index contributed by atoms with van der Waals surface area (Å²) in [6.07, 6.45) is 3.47. The summed E-state index contributed by atoms with van der Waals surface area (Å²) in [5.41, 5.74) is 1.49. The van der Waals surface area contributed by atoms with Crippen molar-refractivity contribution in [1.29, 1.82) is 0 Å². The number of ether oxygens (including phenoxy) is 1. The number of benzene rings is 1. The SMILES string of the molecule is Cc1cncc(N2CCN(C(=O)N3c4ccc(F)cc4OCC3C)CC2)n1. The lowest BCUT2D eigenvalue weighted by Crippen LogP contribution is -2.56. The van der Waals surface area contributed by atoms with Crippen molar-refractivity contribution in [2.45, 2.75) is 19.9 Å². The number of aryl methyl sites for hydroxylation is 1. The first-order valence-electron chi connectivity index (χ1n) is 9.07. The average Bonchev–Trinajstić information content (AvgIpc) is 2.68. The third-order valence-corrected chi connectivity index (χ3v) is 4.92. The fraction of sp³-hybridized carbons (Fsp3) is 0.421. The van der Waals surface area contributed by atoms with Gasteiger partial charge >= 0.3 is 6.03 Å². The Morgan fingerprint density at radius 3 is 2.74 bits per heavy atom. The maximum atomic E-state index is 13.5. The van der Waals surface area contributed by atoms with Crippen LogP contribution >= 0.6 is 0 Å². The van der Waals surface area contributed by atoms with Crippen LogP contribution in [0.3, 0.4) is 0 Å². The van der Waals surface area contributed by atoms with E-state index in [1.54, 1.807) is 23.4 Å². The van der Waals surface area contributed by atoms with E-state index in [4.69, 9.17) is 4.74 Å². The van der Waals surface area contributed by atoms with E-state index in [9.17, 15) is 9.18 Å². The van der Waals surface area contributed by atoms with Gasteiger partial charge in [-0.3, -0.25) is 9.88 Å². The lowest BCUT2D eigenvalue weighted by molar-refractivity contribution is 0.190. The maximum Gasteiger partial charge on any atom is 0.325 e. The number of amides is 2. The molecule has 1 fully saturated rings. The first kappa shape index (κ1) is 17.5. The molecule has 3 heterocycles. The van der Waals surface area contributed by atoms with Gasteiger partial charge in [-0.2, -0.15) is 0 Å². The van der Waals surface area contributed by atoms with E-state index < -0.39 is 0 Å². The number of fused-ring (bicyclic) bond motifs is 1. The van der Waals surface area contributed by atoms with Crippen LogP contribution in [0.4, 0.5) is 20.7 Å². The number of carbonyl (C=O) groups excluding carboxylic acids is 1. The van der Waals surface area contributed by atoms with Gasteiger partial charge in [0.15, 0.2) is 0 Å². The molecule has 1 aromatic heterocycles. The van der Waals surface area contributed by atoms with Crippen LogP contribution in [-0.2, 0) is 0 Å². The fourth-order valence-corrected chi connectivity index (χ4v) is 3.50. The highest BCUT2D eigenvalue weighted by Crippen LogP contribution is 2.35. The Morgan fingerprint density at radius 2 is 2.00 bits per heavy atom. The van der Waals surface area contributed by atoms with E-state index in [0.29, 0.717) is 44.2 Å². The molecule has 27 heavy (non-hydrogen) atoms. The van der Waals surface area contributed by atoms with Crippen molar-refractivity contribution >= 4 is 17.5 Å². The van der Waals surface area contributed by atoms with Gasteiger partial charge in [0.05, 0.1) is 23.6 Å². The maximum absolute atomic E-state index is 13.5. The van der Waals surface area contributed by atoms with E-state index in [-0.39, 0.29) is 17.9 Å². The van der Waals surface area contributed by atoms with Crippen molar-refractivity contribution in [2.24, 2.45) is 0 Å². The van der Waals surface area contributed by atoms with Crippen molar-refractivity contribution in [1.82, 2.24) is 14.9 Å². The lowest BCUT2D eigenvalue weighted by Gasteiger charge is -2.41. The highest BCUT2D eigenvalue weighted by Gasteiger charge is 2.34. The normalized spacial score (nSPS) is 19.5. The molecule has 1 saturated heterocycles. The largest absolute Gasteiger partial charge is 0.489 e. The second-order valence-electron chi connectivity index (χ2n) is 6.92. The van der Waals surface area contributed by atoms with Gasteiger partial charge in [-0.1, -0.05) is 0 Å². The fourth-order valence-electron chi connectivity index (χ4n) is 3.50. The number of nitrogens with zero attached hydrogens (tertiary/aromatic N) is 5. The van der Waals surface area contributed by atoms with E-state index >= 15 is 0 Å². The second-order valence-corrected chi connectivity index (χ2v) is 6.92. The Bertz CT molecular complexity index is 854. The van der Waals surface area contributed by atoms with Crippen LogP contribution in [0.15, 0.2) is 30.6 Å². The van der Waals surface area contributed by atoms with E-state index in [2.05, 4.69) is 14.9 Å². The molecule has 2 aliphatic heterocycles. The number of hydrogen-bond acceptors (Lipinski definition) is 5. The summed E-state index contributed by atoms with van der Waals surface area (Å²) >= 11 is 0. The smallest absolute Gasteiger partial charge is 0.325 e. The Labute approximate surface area is 157 Å². The molecule has 7 nitrogen and oxygen atoms in total. The zero-order chi connectivity index (χ0) is 19.0. The van der Waals surface area contributed by atoms with Gasteiger partial charge in [-0.05, 0) is 26.0 Å². The summed E-state index contributed by atoms with van der Waals surface area (Å²) in [6, 6.07) is 4.10. The van der Waals surface area contributed by atoms with Crippen molar-refractivity contribution in [3.63, 3.8) is 0 Å². The Hall–Kier alpha value is -2.90. The van der Waals surface area contributed by atoms with Crippen molar-refractivity contribution in [2.75, 3.05) is 42.6 Å². The number of piperazine rings is 1. The molecule has 1 unspecified atom stereocenters. The number of rotatable bonds is 1. The molecular formula is C19H22FN5O2. The summed E-state index contributed by atoms with van der Waals surface area (Å²) in [6.45, 7) is 6.77. The topological polar surface area (TPSA) is 61.8 Å². The summed E-state index contributed by atoms with van der Waals surface area (Å²) in [4.78, 5) is 27.5. The quantitative estimate of drug-likeness (QED) is 0.771. The first-order valence-corrected chi connectivity index (χ1v) is 9.07. The minimum absolute atomic E-state index is 0.0753. The third-order valence-electron chi connectivity index (χ3n) is 4.92. The molecule has 1 atom stereocenters. The standard InChI is InChI=1S/C19H22FN5O2/c1-13-10-21-11-18(22-13)23-5-7-24(8-6-23)19(26)25-14(2)12-27-17-9-15(20)3-4-16(17)25/h3-4,9-11,14H,5-8,12H2,1-2H3. The Kier molecular flexibility index (Phi) is 4.55. The number of carbonyl (C=O) groups is 1. The van der Waals surface area contributed by atoms with Crippen molar-refractivity contribution < 1.29 is 13.9 Å². The zero-order valence-electron chi connectivity index (χ0n) is 15.4. The molecule has 2 aromatic rings. The molecule has 0 aliphatic carbocycles. The molecule has 0 saturated carbocycles. The minimum Gasteiger partial charge on any atom is -0.489 e. The van der Waals surface area contributed by atoms with Crippen LogP contribution in [0.5, 0.6) is 5.75 Å². The van der Waals surface area contributed by atoms with Crippen molar-refractivity contribution in [3.8, 4) is 5.75 Å². The van der Waals surface area contributed by atoms with Gasteiger partial charge in [0.2, 0.25) is 0 Å². The third kappa shape index (κ3) is 3.39. The number of anilines is 2. The van der Waals surface area contributed by atoms with Gasteiger partial charge in [-0.25, -0.2) is 14.2 Å². The van der Waals surface area contributed by atoms with Gasteiger partial charge in [0, 0.05) is 38.4 Å². The predicted molar refractivity (Wildman–Crippen MR) is 99.8 cm³/mol. The van der Waals surface area contributed by atoms with Gasteiger partial charge in [-0.15, -0.1) is 0 Å². The molecule has 4 rings (SSSR count). The molecule has 1 aromatic carbocycles. The van der Waals surface area contributed by atoms with Crippen LogP contribution in [0.1, 0.15) is 12.6 Å². The average molecular weight is 371 g/mol. The summed E-state index contributed by atoms with van der Waals surface area (Å²) in [5.74, 6) is 0.876. The summed E-state index contributed by atoms with van der Waals surface area (Å²) in [5, 5.41) is 0. The second kappa shape index (κ2) is 7.02. The number of urea groups is 1. The van der Waals surface area contributed by atoms with Gasteiger partial charge < -0.3 is 14.5 Å². The van der Waals surface area contributed by atoms with Crippen LogP contribution in [-0.4, -0.2) is 59.7 Å². The monoisotopic (exact) mass is 371 g/mol. The van der Waals surface area contributed by atoms with Crippen LogP contribution in [0.2, 0.25) is 0 Å². The zero-order valence-corrected chi connectivity index (χ0v) is 15.4. The Balaban J connectivity index is 1.48. The molecule has 0 bridgehead atoms. The number of aromatic nitrogens is 2. The highest BCUT2D eigenvalue weighted by molar-refractivity contribution is 5.94. The van der Waals surface area contributed by atoms with E-state index in [1.165, 1.54) is 12.1 Å². The molecule has 2 aliphatic rings. The Morgan fingerprint density at radius 1 is 1.22 bits per heavy atom. The molecule has 142 valence electrons. The molecular weight excluding hydrogens is 349 g/mol. The highest BCUT2D eigenvalue weighted by atomic mass is 19.1. The summed E-state index contributed by atoms with van der Waals surface area (Å²) in [7, 11) is 0. The lowest BCUT2D eigenvalue weighted by atomic mass is 10.1. The molecule has 0 N–H and O–H groups in total. The first-order chi connectivity index (χ1) is 13.0. The number of hydrogen-bond donors (Lipinski definition) is 0. The molecule has 0 spiro atoms. The van der Waals surface area contributed by atoms with E-state index in [1.807, 2.05) is 18.7 Å². The predicted octanol–water partition coefficient (Wildman–Crippen LogP) is 2.45. The van der Waals surface area contributed by atoms with Crippen molar-refractivity contribution in [3.05, 3.63) is 42.1 Å². The summed E-state index contributed by atoms with van der Waals surface area (Å²) < 4.78 is 19.1. The number of halogens is 1. The molecule has 0 radical (unpaired) electrons. The molecule has 2 amide bonds. The van der Waals surface area contributed by atoms with Crippen LogP contribution < -0.4 is 14.5 Å². The molecule has 8 heteroatoms.